The number of carbonyl (C=O) groups is 1. The molecule has 0 saturated carbocycles. The number of amides is 1. The number of unbranched alkanes of at least 4 members (excludes halogenated alkanes) is 1. The number of nitrogens with one attached hydrogen (secondary N) is 1. The van der Waals surface area contributed by atoms with Gasteiger partial charge < -0.3 is 10.2 Å². The third kappa shape index (κ3) is 5.44. The molecule has 1 amide bonds. The lowest BCUT2D eigenvalue weighted by atomic mass is 9.80. The number of anilines is 1. The van der Waals surface area contributed by atoms with E-state index in [2.05, 4.69) is 39.2 Å². The quantitative estimate of drug-likeness (QED) is 0.207. The summed E-state index contributed by atoms with van der Waals surface area (Å²) in [5, 5.41) is 4.54. The molecule has 10 heteroatoms. The van der Waals surface area contributed by atoms with E-state index in [1.54, 1.807) is 18.7 Å². The second-order valence-electron chi connectivity index (χ2n) is 10.6. The Hall–Kier alpha value is -4.01. The number of hydrogen-bond donors (Lipinski definition) is 1. The number of imidazole rings is 1. The van der Waals surface area contributed by atoms with Gasteiger partial charge in [-0.15, -0.1) is 0 Å². The molecular formula is C32H31Cl2N7O. The van der Waals surface area contributed by atoms with Crippen molar-refractivity contribution in [3.8, 4) is 17.1 Å². The van der Waals surface area contributed by atoms with Crippen molar-refractivity contribution in [3.05, 3.63) is 95.0 Å². The number of rotatable bonds is 8. The largest absolute Gasteiger partial charge is 0.354 e. The molecule has 0 spiro atoms. The number of fused-ring (bicyclic) bond motifs is 1. The molecule has 5 aromatic rings. The van der Waals surface area contributed by atoms with Crippen LogP contribution in [0.5, 0.6) is 0 Å². The zero-order chi connectivity index (χ0) is 29.1. The van der Waals surface area contributed by atoms with E-state index < -0.39 is 5.54 Å². The molecule has 1 fully saturated rings. The third-order valence-corrected chi connectivity index (χ3v) is 8.46. The van der Waals surface area contributed by atoms with Crippen LogP contribution in [0.4, 0.5) is 5.82 Å². The Morgan fingerprint density at radius 3 is 2.48 bits per heavy atom. The highest BCUT2D eigenvalue weighted by Crippen LogP contribution is 2.38. The number of halogens is 2. The lowest BCUT2D eigenvalue weighted by molar-refractivity contribution is -0.123. The van der Waals surface area contributed by atoms with Crippen LogP contribution in [0.1, 0.15) is 44.6 Å². The van der Waals surface area contributed by atoms with Crippen molar-refractivity contribution in [2.45, 2.75) is 44.6 Å². The van der Waals surface area contributed by atoms with Crippen molar-refractivity contribution >= 4 is 46.1 Å². The maximum atomic E-state index is 13.0. The summed E-state index contributed by atoms with van der Waals surface area (Å²) in [6.07, 6.45) is 8.75. The van der Waals surface area contributed by atoms with Crippen LogP contribution in [-0.4, -0.2) is 43.5 Å². The molecule has 0 bridgehead atoms. The summed E-state index contributed by atoms with van der Waals surface area (Å²) in [6, 6.07) is 19.7. The van der Waals surface area contributed by atoms with Gasteiger partial charge in [0.15, 0.2) is 17.0 Å². The first-order valence-corrected chi connectivity index (χ1v) is 15.0. The highest BCUT2D eigenvalue weighted by Gasteiger charge is 2.38. The maximum absolute atomic E-state index is 13.0. The molecule has 2 aromatic carbocycles. The van der Waals surface area contributed by atoms with E-state index in [-0.39, 0.29) is 5.91 Å². The van der Waals surface area contributed by atoms with E-state index in [0.29, 0.717) is 46.5 Å². The van der Waals surface area contributed by atoms with E-state index in [0.717, 1.165) is 48.3 Å². The summed E-state index contributed by atoms with van der Waals surface area (Å²) in [4.78, 5) is 33.8. The minimum absolute atomic E-state index is 0.0964. The number of benzene rings is 2. The Labute approximate surface area is 254 Å². The molecule has 1 saturated heterocycles. The molecule has 0 aliphatic carbocycles. The Morgan fingerprint density at radius 1 is 1.00 bits per heavy atom. The summed E-state index contributed by atoms with van der Waals surface area (Å²) in [5.41, 5.74) is 3.62. The summed E-state index contributed by atoms with van der Waals surface area (Å²) >= 11 is 12.8. The van der Waals surface area contributed by atoms with Gasteiger partial charge in [0, 0.05) is 48.2 Å². The third-order valence-electron chi connectivity index (χ3n) is 7.90. The van der Waals surface area contributed by atoms with Gasteiger partial charge >= 0.3 is 0 Å². The smallest absolute Gasteiger partial charge is 0.220 e. The minimum Gasteiger partial charge on any atom is -0.354 e. The van der Waals surface area contributed by atoms with E-state index in [1.165, 1.54) is 0 Å². The second kappa shape index (κ2) is 12.1. The van der Waals surface area contributed by atoms with Crippen LogP contribution in [0.25, 0.3) is 28.2 Å². The van der Waals surface area contributed by atoms with Gasteiger partial charge in [-0.2, -0.15) is 0 Å². The molecule has 1 aliphatic rings. The average Bonchev–Trinajstić information content (AvgIpc) is 3.41. The van der Waals surface area contributed by atoms with Crippen molar-refractivity contribution in [3.63, 3.8) is 0 Å². The molecule has 3 aromatic heterocycles. The van der Waals surface area contributed by atoms with E-state index in [9.17, 15) is 4.79 Å². The molecule has 8 nitrogen and oxygen atoms in total. The van der Waals surface area contributed by atoms with Gasteiger partial charge in [0.05, 0.1) is 10.6 Å². The van der Waals surface area contributed by atoms with Crippen LogP contribution in [0.3, 0.4) is 0 Å². The lowest BCUT2D eigenvalue weighted by Gasteiger charge is -2.43. The van der Waals surface area contributed by atoms with Crippen LogP contribution in [0, 0.1) is 0 Å². The molecular weight excluding hydrogens is 569 g/mol. The highest BCUT2D eigenvalue weighted by molar-refractivity contribution is 6.33. The van der Waals surface area contributed by atoms with Gasteiger partial charge in [-0.3, -0.25) is 14.3 Å². The van der Waals surface area contributed by atoms with Crippen molar-refractivity contribution < 1.29 is 4.79 Å². The Balaban J connectivity index is 1.39. The Kier molecular flexibility index (Phi) is 8.09. The Morgan fingerprint density at radius 2 is 1.76 bits per heavy atom. The first-order valence-electron chi connectivity index (χ1n) is 14.2. The van der Waals surface area contributed by atoms with Crippen LogP contribution >= 0.6 is 23.2 Å². The Bertz CT molecular complexity index is 1700. The van der Waals surface area contributed by atoms with Crippen molar-refractivity contribution in [2.24, 2.45) is 0 Å². The predicted octanol–water partition coefficient (Wildman–Crippen LogP) is 6.99. The topological polar surface area (TPSA) is 88.8 Å². The molecule has 1 N–H and O–H groups in total. The van der Waals surface area contributed by atoms with Crippen LogP contribution in [0.15, 0.2) is 79.4 Å². The predicted molar refractivity (Wildman–Crippen MR) is 167 cm³/mol. The molecule has 42 heavy (non-hydrogen) atoms. The van der Waals surface area contributed by atoms with E-state index >= 15 is 0 Å². The fraction of sp³-hybridized carbons (Fsp3) is 0.281. The molecule has 0 radical (unpaired) electrons. The van der Waals surface area contributed by atoms with Gasteiger partial charge in [-0.1, -0.05) is 66.9 Å². The molecule has 1 aliphatic heterocycles. The zero-order valence-corrected chi connectivity index (χ0v) is 24.8. The molecule has 214 valence electrons. The van der Waals surface area contributed by atoms with Crippen LogP contribution in [-0.2, 0) is 10.3 Å². The monoisotopic (exact) mass is 599 g/mol. The van der Waals surface area contributed by atoms with Gasteiger partial charge in [0.25, 0.3) is 0 Å². The second-order valence-corrected chi connectivity index (χ2v) is 11.4. The van der Waals surface area contributed by atoms with Gasteiger partial charge in [0.1, 0.15) is 12.2 Å². The van der Waals surface area contributed by atoms with E-state index in [4.69, 9.17) is 33.2 Å². The molecule has 0 unspecified atom stereocenters. The summed E-state index contributed by atoms with van der Waals surface area (Å²) in [7, 11) is 0. The van der Waals surface area contributed by atoms with Gasteiger partial charge in [-0.25, -0.2) is 15.0 Å². The standard InChI is InChI=1S/C32H31Cl2N7O/c1-2-3-9-27(42)39-32(22-7-5-4-6-8-22)15-18-40(19-16-32)30-28-31(37-21-36-30)41(24-12-10-23(33)11-13-24)29(38-28)25-14-17-35-20-26(25)34/h4-8,10-14,17,20-21H,2-3,9,15-16,18-19H2,1H3,(H,39,42). The fourth-order valence-electron chi connectivity index (χ4n) is 5.69. The number of hydrogen-bond acceptors (Lipinski definition) is 6. The van der Waals surface area contributed by atoms with Gasteiger partial charge in [0.2, 0.25) is 5.91 Å². The normalized spacial score (nSPS) is 14.7. The van der Waals surface area contributed by atoms with Crippen molar-refractivity contribution in [1.29, 1.82) is 0 Å². The summed E-state index contributed by atoms with van der Waals surface area (Å²) in [6.45, 7) is 3.48. The number of aromatic nitrogens is 5. The molecule has 6 rings (SSSR count). The zero-order valence-electron chi connectivity index (χ0n) is 23.3. The first-order chi connectivity index (χ1) is 20.5. The maximum Gasteiger partial charge on any atom is 0.220 e. The van der Waals surface area contributed by atoms with Crippen molar-refractivity contribution in [1.82, 2.24) is 29.8 Å². The number of carbonyl (C=O) groups excluding carboxylic acids is 1. The van der Waals surface area contributed by atoms with Crippen molar-refractivity contribution in [2.75, 3.05) is 18.0 Å². The fourth-order valence-corrected chi connectivity index (χ4v) is 6.02. The average molecular weight is 601 g/mol. The number of piperidine rings is 1. The number of nitrogens with zero attached hydrogens (tertiary/aromatic N) is 6. The summed E-state index contributed by atoms with van der Waals surface area (Å²) in [5.74, 6) is 1.48. The molecule has 4 heterocycles. The van der Waals surface area contributed by atoms with Crippen LogP contribution < -0.4 is 10.2 Å². The van der Waals surface area contributed by atoms with E-state index in [1.807, 2.05) is 53.1 Å². The number of pyridine rings is 1. The lowest BCUT2D eigenvalue weighted by Crippen LogP contribution is -2.53. The first kappa shape index (κ1) is 28.1. The summed E-state index contributed by atoms with van der Waals surface area (Å²) < 4.78 is 1.98. The van der Waals surface area contributed by atoms with Crippen LogP contribution in [0.2, 0.25) is 10.0 Å². The van der Waals surface area contributed by atoms with Gasteiger partial charge in [-0.05, 0) is 55.2 Å². The molecule has 0 atom stereocenters. The highest BCUT2D eigenvalue weighted by atomic mass is 35.5. The minimum atomic E-state index is -0.437. The SMILES string of the molecule is CCCCC(=O)NC1(c2ccccc2)CCN(c2ncnc3c2nc(-c2ccncc2Cl)n3-c2ccc(Cl)cc2)CC1.